The van der Waals surface area contributed by atoms with Crippen LogP contribution >= 0.6 is 11.3 Å². The average Bonchev–Trinajstić information content (AvgIpc) is 3.01. The van der Waals surface area contributed by atoms with Crippen molar-refractivity contribution >= 4 is 21.4 Å². The Kier molecular flexibility index (Phi) is 5.48. The molecule has 2 aliphatic rings. The maximum atomic E-state index is 9.32. The van der Waals surface area contributed by atoms with Gasteiger partial charge in [0.15, 0.2) is 0 Å². The number of aliphatic hydroxyl groups excluding tert-OH is 1. The van der Waals surface area contributed by atoms with Gasteiger partial charge >= 0.3 is 0 Å². The molecule has 0 aliphatic heterocycles. The number of aliphatic hydroxyl groups is 1. The van der Waals surface area contributed by atoms with E-state index in [4.69, 9.17) is 4.74 Å². The quantitative estimate of drug-likeness (QED) is 0.858. The van der Waals surface area contributed by atoms with Crippen molar-refractivity contribution in [1.82, 2.24) is 9.88 Å². The molecular weight excluding hydrogens is 344 g/mol. The maximum Gasteiger partial charge on any atom is 0.222 e. The van der Waals surface area contributed by atoms with Crippen molar-refractivity contribution in [3.63, 3.8) is 0 Å². The highest BCUT2D eigenvalue weighted by atomic mass is 32.1. The molecule has 0 spiro atoms. The topological polar surface area (TPSA) is 45.6 Å². The SMILES string of the molecule is CN(C)[C@H]1CC[C@H](Oc2nccc3sc4c(c23)C[C@@H](CCO)CC4)CC1. The number of aromatic nitrogens is 1. The van der Waals surface area contributed by atoms with Crippen molar-refractivity contribution in [3.8, 4) is 5.88 Å². The van der Waals surface area contributed by atoms with Crippen LogP contribution in [0.25, 0.3) is 10.1 Å². The summed E-state index contributed by atoms with van der Waals surface area (Å²) in [6.07, 6.45) is 11.1. The molecule has 2 aliphatic carbocycles. The standard InChI is InChI=1S/C21H30N2O2S/c1-23(2)15-4-6-16(7-5-15)25-21-20-17-13-14(10-12-24)3-8-18(17)26-19(20)9-11-22-21/h9,11,14-16,24H,3-8,10,12-13H2,1-2H3/t14-,15-,16-/m1/s1. The van der Waals surface area contributed by atoms with Gasteiger partial charge in [-0.05, 0) is 83.0 Å². The van der Waals surface area contributed by atoms with E-state index in [1.807, 2.05) is 17.5 Å². The minimum absolute atomic E-state index is 0.289. The molecule has 0 bridgehead atoms. The Hall–Kier alpha value is -1.17. The molecule has 0 saturated heterocycles. The van der Waals surface area contributed by atoms with E-state index >= 15 is 0 Å². The molecule has 0 unspecified atom stereocenters. The molecule has 5 heteroatoms. The summed E-state index contributed by atoms with van der Waals surface area (Å²) in [5, 5.41) is 10.6. The van der Waals surface area contributed by atoms with Gasteiger partial charge in [-0.1, -0.05) is 0 Å². The van der Waals surface area contributed by atoms with E-state index in [0.717, 1.165) is 38.0 Å². The van der Waals surface area contributed by atoms with Crippen LogP contribution in [0.3, 0.4) is 0 Å². The predicted molar refractivity (Wildman–Crippen MR) is 107 cm³/mol. The molecule has 0 amide bonds. The van der Waals surface area contributed by atoms with E-state index < -0.39 is 0 Å². The van der Waals surface area contributed by atoms with Gasteiger partial charge in [-0.3, -0.25) is 0 Å². The van der Waals surface area contributed by atoms with E-state index in [1.54, 1.807) is 0 Å². The second kappa shape index (κ2) is 7.83. The molecule has 1 atom stereocenters. The monoisotopic (exact) mass is 374 g/mol. The summed E-state index contributed by atoms with van der Waals surface area (Å²) in [5.74, 6) is 1.44. The summed E-state index contributed by atoms with van der Waals surface area (Å²) in [7, 11) is 4.35. The predicted octanol–water partition coefficient (Wildman–Crippen LogP) is 4.04. The number of rotatable bonds is 5. The fourth-order valence-corrected chi connectivity index (χ4v) is 5.86. The summed E-state index contributed by atoms with van der Waals surface area (Å²) in [5.41, 5.74) is 1.44. The van der Waals surface area contributed by atoms with Crippen molar-refractivity contribution in [2.45, 2.75) is 63.5 Å². The number of pyridine rings is 1. The minimum Gasteiger partial charge on any atom is -0.474 e. The second-order valence-corrected chi connectivity index (χ2v) is 9.26. The smallest absolute Gasteiger partial charge is 0.222 e. The minimum atomic E-state index is 0.289. The molecule has 26 heavy (non-hydrogen) atoms. The van der Waals surface area contributed by atoms with E-state index in [0.29, 0.717) is 18.6 Å². The zero-order chi connectivity index (χ0) is 18.1. The summed E-state index contributed by atoms with van der Waals surface area (Å²) < 4.78 is 7.76. The lowest BCUT2D eigenvalue weighted by molar-refractivity contribution is 0.108. The van der Waals surface area contributed by atoms with Crippen LogP contribution in [0.2, 0.25) is 0 Å². The lowest BCUT2D eigenvalue weighted by Crippen LogP contribution is -2.35. The Morgan fingerprint density at radius 2 is 2.04 bits per heavy atom. The van der Waals surface area contributed by atoms with Crippen LogP contribution in [-0.4, -0.2) is 47.8 Å². The first kappa shape index (κ1) is 18.2. The number of nitrogens with zero attached hydrogens (tertiary/aromatic N) is 2. The zero-order valence-corrected chi connectivity index (χ0v) is 16.7. The third kappa shape index (κ3) is 3.62. The Bertz CT molecular complexity index is 750. The van der Waals surface area contributed by atoms with Crippen molar-refractivity contribution in [1.29, 1.82) is 0 Å². The molecule has 2 aromatic rings. The fraction of sp³-hybridized carbons (Fsp3) is 0.667. The Labute approximate surface area is 160 Å². The van der Waals surface area contributed by atoms with Gasteiger partial charge in [0, 0.05) is 28.4 Å². The Morgan fingerprint density at radius 3 is 2.77 bits per heavy atom. The van der Waals surface area contributed by atoms with Gasteiger partial charge in [-0.2, -0.15) is 0 Å². The zero-order valence-electron chi connectivity index (χ0n) is 15.9. The third-order valence-corrected chi connectivity index (χ3v) is 7.47. The van der Waals surface area contributed by atoms with Crippen LogP contribution in [0.5, 0.6) is 5.88 Å². The molecule has 4 rings (SSSR count). The van der Waals surface area contributed by atoms with Crippen LogP contribution in [0.15, 0.2) is 12.3 Å². The van der Waals surface area contributed by atoms with Gasteiger partial charge < -0.3 is 14.7 Å². The number of hydrogen-bond donors (Lipinski definition) is 1. The fourth-order valence-electron chi connectivity index (χ4n) is 4.62. The molecule has 2 aromatic heterocycles. The van der Waals surface area contributed by atoms with Crippen molar-refractivity contribution in [2.75, 3.05) is 20.7 Å². The molecule has 142 valence electrons. The van der Waals surface area contributed by atoms with Gasteiger partial charge in [0.2, 0.25) is 5.88 Å². The van der Waals surface area contributed by atoms with Crippen LogP contribution < -0.4 is 4.74 Å². The van der Waals surface area contributed by atoms with Gasteiger partial charge in [0.1, 0.15) is 6.10 Å². The number of hydrogen-bond acceptors (Lipinski definition) is 5. The first-order valence-electron chi connectivity index (χ1n) is 9.99. The largest absolute Gasteiger partial charge is 0.474 e. The molecule has 1 saturated carbocycles. The number of thiophene rings is 1. The lowest BCUT2D eigenvalue weighted by Gasteiger charge is -2.32. The molecule has 1 N–H and O–H groups in total. The highest BCUT2D eigenvalue weighted by molar-refractivity contribution is 7.19. The molecule has 4 nitrogen and oxygen atoms in total. The highest BCUT2D eigenvalue weighted by Gasteiger charge is 2.27. The van der Waals surface area contributed by atoms with E-state index in [-0.39, 0.29) is 6.10 Å². The number of ether oxygens (including phenoxy) is 1. The first-order valence-corrected chi connectivity index (χ1v) is 10.8. The molecule has 1 fully saturated rings. The lowest BCUT2D eigenvalue weighted by atomic mass is 9.85. The Balaban J connectivity index is 1.56. The second-order valence-electron chi connectivity index (χ2n) is 8.13. The summed E-state index contributed by atoms with van der Waals surface area (Å²) >= 11 is 1.91. The number of aryl methyl sites for hydroxylation is 1. The van der Waals surface area contributed by atoms with Gasteiger partial charge in [-0.25, -0.2) is 4.98 Å². The third-order valence-electron chi connectivity index (χ3n) is 6.21. The van der Waals surface area contributed by atoms with Crippen molar-refractivity contribution < 1.29 is 9.84 Å². The van der Waals surface area contributed by atoms with E-state index in [2.05, 4.69) is 30.0 Å². The molecular formula is C21H30N2O2S. The van der Waals surface area contributed by atoms with Gasteiger partial charge in [-0.15, -0.1) is 11.3 Å². The normalized spacial score (nSPS) is 26.2. The molecule has 0 aromatic carbocycles. The highest BCUT2D eigenvalue weighted by Crippen LogP contribution is 2.42. The number of fused-ring (bicyclic) bond motifs is 3. The van der Waals surface area contributed by atoms with Crippen LogP contribution in [-0.2, 0) is 12.8 Å². The summed E-state index contributed by atoms with van der Waals surface area (Å²) in [6, 6.07) is 2.82. The summed E-state index contributed by atoms with van der Waals surface area (Å²) in [4.78, 5) is 8.47. The summed E-state index contributed by atoms with van der Waals surface area (Å²) in [6.45, 7) is 0.290. The van der Waals surface area contributed by atoms with Crippen molar-refractivity contribution in [3.05, 3.63) is 22.7 Å². The van der Waals surface area contributed by atoms with Crippen LogP contribution in [0.1, 0.15) is 49.0 Å². The van der Waals surface area contributed by atoms with E-state index in [9.17, 15) is 5.11 Å². The van der Waals surface area contributed by atoms with E-state index in [1.165, 1.54) is 39.8 Å². The van der Waals surface area contributed by atoms with Gasteiger partial charge in [0.05, 0.1) is 5.39 Å². The maximum absolute atomic E-state index is 9.32. The molecule has 0 radical (unpaired) electrons. The van der Waals surface area contributed by atoms with Crippen LogP contribution in [0, 0.1) is 5.92 Å². The van der Waals surface area contributed by atoms with Crippen LogP contribution in [0.4, 0.5) is 0 Å². The van der Waals surface area contributed by atoms with Crippen molar-refractivity contribution in [2.24, 2.45) is 5.92 Å². The first-order chi connectivity index (χ1) is 12.7. The average molecular weight is 375 g/mol. The Morgan fingerprint density at radius 1 is 1.23 bits per heavy atom. The van der Waals surface area contributed by atoms with Gasteiger partial charge in [0.25, 0.3) is 0 Å². The molecule has 2 heterocycles.